The molecule has 0 unspecified atom stereocenters. The van der Waals surface area contributed by atoms with Gasteiger partial charge in [-0.2, -0.15) is 5.10 Å². The molecule has 7 nitrogen and oxygen atoms in total. The predicted octanol–water partition coefficient (Wildman–Crippen LogP) is 1.65. The summed E-state index contributed by atoms with van der Waals surface area (Å²) < 4.78 is 9.55. The molecular formula is C17H23N5O2. The average molecular weight is 329 g/mol. The molecule has 0 radical (unpaired) electrons. The van der Waals surface area contributed by atoms with Crippen molar-refractivity contribution in [3.8, 4) is 0 Å². The van der Waals surface area contributed by atoms with Crippen molar-refractivity contribution in [1.82, 2.24) is 24.2 Å². The van der Waals surface area contributed by atoms with Crippen LogP contribution < -0.4 is 0 Å². The van der Waals surface area contributed by atoms with Gasteiger partial charge < -0.3 is 14.2 Å². The Bertz CT molecular complexity index is 712. The molecular weight excluding hydrogens is 306 g/mol. The van der Waals surface area contributed by atoms with Gasteiger partial charge in [-0.3, -0.25) is 9.48 Å². The largest absolute Gasteiger partial charge is 0.373 e. The van der Waals surface area contributed by atoms with E-state index in [0.717, 1.165) is 50.4 Å². The van der Waals surface area contributed by atoms with E-state index in [1.807, 2.05) is 28.0 Å². The third-order valence-corrected chi connectivity index (χ3v) is 4.92. The lowest BCUT2D eigenvalue weighted by atomic mass is 10.0. The number of amides is 1. The molecule has 0 saturated carbocycles. The van der Waals surface area contributed by atoms with Crippen LogP contribution in [0.5, 0.6) is 0 Å². The second kappa shape index (κ2) is 6.39. The molecule has 2 aromatic heterocycles. The number of hydrogen-bond donors (Lipinski definition) is 0. The Labute approximate surface area is 141 Å². The minimum absolute atomic E-state index is 0.0276. The summed E-state index contributed by atoms with van der Waals surface area (Å²) in [6, 6.07) is 2.18. The molecule has 1 atom stereocenters. The zero-order chi connectivity index (χ0) is 16.5. The van der Waals surface area contributed by atoms with Gasteiger partial charge in [-0.25, -0.2) is 4.98 Å². The SMILES string of the molecule is CCc1nccn1[C@@H]1CCCN(C(=O)c2cc3n(n2)CCOC3)C1. The number of hydrogen-bond acceptors (Lipinski definition) is 4. The molecule has 2 aliphatic heterocycles. The Morgan fingerprint density at radius 3 is 3.17 bits per heavy atom. The number of piperidine rings is 1. The van der Waals surface area contributed by atoms with Gasteiger partial charge in [-0.1, -0.05) is 6.92 Å². The van der Waals surface area contributed by atoms with Gasteiger partial charge in [0, 0.05) is 31.9 Å². The van der Waals surface area contributed by atoms with Crippen LogP contribution in [0.4, 0.5) is 0 Å². The minimum Gasteiger partial charge on any atom is -0.373 e. The van der Waals surface area contributed by atoms with Crippen LogP contribution in [0.15, 0.2) is 18.5 Å². The molecule has 1 fully saturated rings. The maximum absolute atomic E-state index is 12.9. The van der Waals surface area contributed by atoms with E-state index >= 15 is 0 Å². The molecule has 128 valence electrons. The summed E-state index contributed by atoms with van der Waals surface area (Å²) in [5, 5.41) is 4.47. The third kappa shape index (κ3) is 2.73. The van der Waals surface area contributed by atoms with Crippen LogP contribution in [-0.2, 0) is 24.3 Å². The van der Waals surface area contributed by atoms with E-state index in [0.29, 0.717) is 24.9 Å². The Balaban J connectivity index is 1.51. The van der Waals surface area contributed by atoms with Crippen molar-refractivity contribution in [3.63, 3.8) is 0 Å². The fraction of sp³-hybridized carbons (Fsp3) is 0.588. The lowest BCUT2D eigenvalue weighted by Gasteiger charge is -2.33. The number of carbonyl (C=O) groups excluding carboxylic acids is 1. The summed E-state index contributed by atoms with van der Waals surface area (Å²) in [4.78, 5) is 19.2. The van der Waals surface area contributed by atoms with Crippen LogP contribution in [0.1, 0.15) is 47.8 Å². The first-order valence-corrected chi connectivity index (χ1v) is 8.71. The summed E-state index contributed by atoms with van der Waals surface area (Å²) >= 11 is 0. The first kappa shape index (κ1) is 15.4. The molecule has 0 aromatic carbocycles. The predicted molar refractivity (Wildman–Crippen MR) is 87.7 cm³/mol. The highest BCUT2D eigenvalue weighted by Crippen LogP contribution is 2.24. The van der Waals surface area contributed by atoms with E-state index in [9.17, 15) is 4.79 Å². The average Bonchev–Trinajstić information content (AvgIpc) is 3.27. The summed E-state index contributed by atoms with van der Waals surface area (Å²) in [6.45, 7) is 5.56. The van der Waals surface area contributed by atoms with Crippen molar-refractivity contribution in [2.45, 2.75) is 45.4 Å². The Hall–Kier alpha value is -2.15. The van der Waals surface area contributed by atoms with Crippen molar-refractivity contribution >= 4 is 5.91 Å². The fourth-order valence-electron chi connectivity index (χ4n) is 3.68. The molecule has 0 aliphatic carbocycles. The summed E-state index contributed by atoms with van der Waals surface area (Å²) in [5.74, 6) is 1.11. The van der Waals surface area contributed by atoms with Gasteiger partial charge in [0.05, 0.1) is 31.5 Å². The molecule has 0 spiro atoms. The van der Waals surface area contributed by atoms with Crippen LogP contribution in [0.25, 0.3) is 0 Å². The quantitative estimate of drug-likeness (QED) is 0.859. The molecule has 24 heavy (non-hydrogen) atoms. The van der Waals surface area contributed by atoms with Crippen LogP contribution in [0.2, 0.25) is 0 Å². The monoisotopic (exact) mass is 329 g/mol. The molecule has 1 amide bonds. The molecule has 1 saturated heterocycles. The molecule has 4 heterocycles. The zero-order valence-electron chi connectivity index (χ0n) is 14.0. The molecule has 0 N–H and O–H groups in total. The maximum atomic E-state index is 12.9. The Kier molecular flexibility index (Phi) is 4.10. The van der Waals surface area contributed by atoms with E-state index in [-0.39, 0.29) is 5.91 Å². The molecule has 0 bridgehead atoms. The minimum atomic E-state index is 0.0276. The van der Waals surface area contributed by atoms with Gasteiger partial charge in [0.2, 0.25) is 0 Å². The smallest absolute Gasteiger partial charge is 0.274 e. The first-order chi connectivity index (χ1) is 11.8. The second-order valence-corrected chi connectivity index (χ2v) is 6.45. The standard InChI is InChI=1S/C17H23N5O2/c1-2-16-18-5-7-21(16)13-4-3-6-20(11-13)17(23)15-10-14-12-24-9-8-22(14)19-15/h5,7,10,13H,2-4,6,8-9,11-12H2,1H3/t13-/m1/s1. The first-order valence-electron chi connectivity index (χ1n) is 8.71. The number of aromatic nitrogens is 4. The van der Waals surface area contributed by atoms with Gasteiger partial charge in [-0.15, -0.1) is 0 Å². The zero-order valence-corrected chi connectivity index (χ0v) is 14.0. The summed E-state index contributed by atoms with van der Waals surface area (Å²) in [7, 11) is 0. The van der Waals surface area contributed by atoms with Gasteiger partial charge in [-0.05, 0) is 18.9 Å². The van der Waals surface area contributed by atoms with Crippen molar-refractivity contribution < 1.29 is 9.53 Å². The lowest BCUT2D eigenvalue weighted by molar-refractivity contribution is 0.0667. The van der Waals surface area contributed by atoms with Crippen LogP contribution >= 0.6 is 0 Å². The Morgan fingerprint density at radius 1 is 1.42 bits per heavy atom. The normalized spacial score (nSPS) is 20.9. The van der Waals surface area contributed by atoms with Crippen molar-refractivity contribution in [2.75, 3.05) is 19.7 Å². The van der Waals surface area contributed by atoms with Crippen molar-refractivity contribution in [2.24, 2.45) is 0 Å². The molecule has 4 rings (SSSR count). The summed E-state index contributed by atoms with van der Waals surface area (Å²) in [6.07, 6.45) is 6.88. The summed E-state index contributed by atoms with van der Waals surface area (Å²) in [5.41, 5.74) is 1.53. The van der Waals surface area contributed by atoms with Gasteiger partial charge in [0.15, 0.2) is 5.69 Å². The maximum Gasteiger partial charge on any atom is 0.274 e. The van der Waals surface area contributed by atoms with Crippen LogP contribution in [0, 0.1) is 0 Å². The lowest BCUT2D eigenvalue weighted by Crippen LogP contribution is -2.41. The number of carbonyl (C=O) groups is 1. The van der Waals surface area contributed by atoms with Gasteiger partial charge >= 0.3 is 0 Å². The van der Waals surface area contributed by atoms with E-state index in [1.165, 1.54) is 0 Å². The van der Waals surface area contributed by atoms with Crippen molar-refractivity contribution in [1.29, 1.82) is 0 Å². The number of aryl methyl sites for hydroxylation is 1. The van der Waals surface area contributed by atoms with Gasteiger partial charge in [0.25, 0.3) is 5.91 Å². The number of fused-ring (bicyclic) bond motifs is 1. The highest BCUT2D eigenvalue weighted by atomic mass is 16.5. The number of likely N-dealkylation sites (tertiary alicyclic amines) is 1. The third-order valence-electron chi connectivity index (χ3n) is 4.92. The molecule has 2 aromatic rings. The molecule has 2 aliphatic rings. The highest BCUT2D eigenvalue weighted by Gasteiger charge is 2.28. The molecule has 7 heteroatoms. The number of imidazole rings is 1. The number of nitrogens with zero attached hydrogens (tertiary/aromatic N) is 5. The highest BCUT2D eigenvalue weighted by molar-refractivity contribution is 5.92. The van der Waals surface area contributed by atoms with E-state index < -0.39 is 0 Å². The number of ether oxygens (including phenoxy) is 1. The van der Waals surface area contributed by atoms with E-state index in [2.05, 4.69) is 21.6 Å². The second-order valence-electron chi connectivity index (χ2n) is 6.45. The van der Waals surface area contributed by atoms with E-state index in [4.69, 9.17) is 4.74 Å². The van der Waals surface area contributed by atoms with Crippen LogP contribution in [0.3, 0.4) is 0 Å². The van der Waals surface area contributed by atoms with Crippen LogP contribution in [-0.4, -0.2) is 49.8 Å². The topological polar surface area (TPSA) is 65.2 Å². The number of rotatable bonds is 3. The fourth-order valence-corrected chi connectivity index (χ4v) is 3.68. The van der Waals surface area contributed by atoms with Gasteiger partial charge in [0.1, 0.15) is 5.82 Å². The van der Waals surface area contributed by atoms with E-state index in [1.54, 1.807) is 0 Å². The van der Waals surface area contributed by atoms with Crippen molar-refractivity contribution in [3.05, 3.63) is 35.7 Å². The Morgan fingerprint density at radius 2 is 2.33 bits per heavy atom.